The molecule has 9 nitrogen and oxygen atoms in total. The van der Waals surface area contributed by atoms with Crippen LogP contribution in [0.5, 0.6) is 0 Å². The molecule has 1 aromatic carbocycles. The first-order valence-corrected chi connectivity index (χ1v) is 8.41. The summed E-state index contributed by atoms with van der Waals surface area (Å²) in [5.74, 6) is -0.267. The minimum atomic E-state index is -0.487. The van der Waals surface area contributed by atoms with Gasteiger partial charge in [-0.1, -0.05) is 6.07 Å². The van der Waals surface area contributed by atoms with Crippen LogP contribution in [0.15, 0.2) is 24.3 Å². The highest BCUT2D eigenvalue weighted by Gasteiger charge is 2.43. The molecule has 0 aromatic heterocycles. The molecule has 140 valence electrons. The third-order valence-electron chi connectivity index (χ3n) is 4.50. The Balaban J connectivity index is 1.54. The lowest BCUT2D eigenvalue weighted by molar-refractivity contribution is -0.119. The van der Waals surface area contributed by atoms with Crippen LogP contribution < -0.4 is 16.0 Å². The van der Waals surface area contributed by atoms with Crippen molar-refractivity contribution in [3.63, 3.8) is 0 Å². The maximum absolute atomic E-state index is 12.5. The molecule has 0 radical (unpaired) electrons. The Morgan fingerprint density at radius 2 is 1.96 bits per heavy atom. The van der Waals surface area contributed by atoms with Crippen LogP contribution in [0.4, 0.5) is 21.0 Å². The van der Waals surface area contributed by atoms with E-state index in [0.29, 0.717) is 43.9 Å². The molecule has 0 unspecified atom stereocenters. The predicted octanol–water partition coefficient (Wildman–Crippen LogP) is 1.38. The lowest BCUT2D eigenvalue weighted by Crippen LogP contribution is -2.49. The van der Waals surface area contributed by atoms with E-state index in [1.54, 1.807) is 29.2 Å². The first kappa shape index (κ1) is 18.0. The number of alkyl carbamates (subject to hydrolysis) is 1. The molecule has 1 spiro atoms. The summed E-state index contributed by atoms with van der Waals surface area (Å²) in [6.45, 7) is 1.46. The van der Waals surface area contributed by atoms with Crippen molar-refractivity contribution >= 4 is 29.4 Å². The summed E-state index contributed by atoms with van der Waals surface area (Å²) in [7, 11) is 1.45. The number of methoxy groups -OCH3 is 1. The average molecular weight is 362 g/mol. The zero-order valence-corrected chi connectivity index (χ0v) is 14.5. The quantitative estimate of drug-likeness (QED) is 0.750. The minimum absolute atomic E-state index is 0.0362. The second kappa shape index (κ2) is 7.61. The van der Waals surface area contributed by atoms with Crippen LogP contribution >= 0.6 is 0 Å². The predicted molar refractivity (Wildman–Crippen MR) is 94.0 cm³/mol. The van der Waals surface area contributed by atoms with Gasteiger partial charge < -0.3 is 30.3 Å². The fourth-order valence-corrected chi connectivity index (χ4v) is 3.10. The fraction of sp³-hybridized carbons (Fsp3) is 0.471. The van der Waals surface area contributed by atoms with Crippen molar-refractivity contribution in [1.29, 1.82) is 0 Å². The molecule has 0 bridgehead atoms. The van der Waals surface area contributed by atoms with Crippen molar-refractivity contribution in [3.8, 4) is 0 Å². The van der Waals surface area contributed by atoms with Crippen LogP contribution in [-0.2, 0) is 14.3 Å². The number of carbonyl (C=O) groups excluding carboxylic acids is 3. The van der Waals surface area contributed by atoms with Gasteiger partial charge in [-0.05, 0) is 18.2 Å². The van der Waals surface area contributed by atoms with Gasteiger partial charge in [0.2, 0.25) is 5.91 Å². The van der Waals surface area contributed by atoms with Gasteiger partial charge in [0.1, 0.15) is 12.2 Å². The fourth-order valence-electron chi connectivity index (χ4n) is 3.10. The van der Waals surface area contributed by atoms with E-state index in [1.165, 1.54) is 7.11 Å². The van der Waals surface area contributed by atoms with E-state index in [2.05, 4.69) is 16.0 Å². The topological polar surface area (TPSA) is 109 Å². The number of benzene rings is 1. The number of anilines is 2. The van der Waals surface area contributed by atoms with Gasteiger partial charge in [-0.25, -0.2) is 9.59 Å². The number of nitrogens with zero attached hydrogens (tertiary/aromatic N) is 1. The van der Waals surface area contributed by atoms with Crippen LogP contribution in [-0.4, -0.2) is 61.9 Å². The van der Waals surface area contributed by atoms with Gasteiger partial charge in [-0.15, -0.1) is 0 Å². The largest absolute Gasteiger partial charge is 0.441 e. The molecule has 3 N–H and O–H groups in total. The number of hydrogen-bond donors (Lipinski definition) is 3. The smallest absolute Gasteiger partial charge is 0.407 e. The Kier molecular flexibility index (Phi) is 5.27. The maximum Gasteiger partial charge on any atom is 0.407 e. The van der Waals surface area contributed by atoms with Crippen molar-refractivity contribution in [2.75, 3.05) is 44.0 Å². The zero-order valence-electron chi connectivity index (χ0n) is 14.5. The Morgan fingerprint density at radius 1 is 1.27 bits per heavy atom. The Morgan fingerprint density at radius 3 is 2.58 bits per heavy atom. The number of nitrogens with one attached hydrogen (secondary N) is 3. The summed E-state index contributed by atoms with van der Waals surface area (Å²) in [5.41, 5.74) is 0.672. The molecule has 1 aromatic rings. The molecule has 26 heavy (non-hydrogen) atoms. The zero-order chi connectivity index (χ0) is 18.6. The summed E-state index contributed by atoms with van der Waals surface area (Å²) in [6.07, 6.45) is 0.814. The molecule has 0 atom stereocenters. The molecule has 9 heteroatoms. The summed E-state index contributed by atoms with van der Waals surface area (Å²) in [5, 5.41) is 8.19. The molecule has 4 amide bonds. The van der Waals surface area contributed by atoms with E-state index >= 15 is 0 Å². The summed E-state index contributed by atoms with van der Waals surface area (Å²) in [4.78, 5) is 37.0. The first-order chi connectivity index (χ1) is 12.5. The van der Waals surface area contributed by atoms with E-state index < -0.39 is 11.7 Å². The Labute approximate surface area is 151 Å². The lowest BCUT2D eigenvalue weighted by atomic mass is 9.92. The molecule has 2 aliphatic rings. The highest BCUT2D eigenvalue weighted by atomic mass is 16.6. The van der Waals surface area contributed by atoms with Crippen molar-refractivity contribution in [1.82, 2.24) is 10.2 Å². The molecule has 2 aliphatic heterocycles. The number of likely N-dealkylation sites (tertiary alicyclic amines) is 1. The second-order valence-corrected chi connectivity index (χ2v) is 6.41. The highest BCUT2D eigenvalue weighted by molar-refractivity contribution is 5.94. The van der Waals surface area contributed by atoms with E-state index in [-0.39, 0.29) is 18.5 Å². The maximum atomic E-state index is 12.5. The first-order valence-electron chi connectivity index (χ1n) is 8.41. The molecular formula is C17H22N4O5. The van der Waals surface area contributed by atoms with E-state index in [9.17, 15) is 14.4 Å². The monoisotopic (exact) mass is 362 g/mol. The van der Waals surface area contributed by atoms with Gasteiger partial charge in [-0.2, -0.15) is 0 Å². The third kappa shape index (κ3) is 4.23. The SMILES string of the molecule is COCC(=O)Nc1cccc(NC(=O)N2CCC3(CC2)CNC(=O)O3)c1. The molecule has 0 aliphatic carbocycles. The van der Waals surface area contributed by atoms with Gasteiger partial charge in [0.15, 0.2) is 0 Å². The van der Waals surface area contributed by atoms with Crippen molar-refractivity contribution in [2.24, 2.45) is 0 Å². The summed E-state index contributed by atoms with van der Waals surface area (Å²) < 4.78 is 10.1. The molecule has 2 saturated heterocycles. The summed E-state index contributed by atoms with van der Waals surface area (Å²) >= 11 is 0. The van der Waals surface area contributed by atoms with Gasteiger partial charge >= 0.3 is 12.1 Å². The number of carbonyl (C=O) groups is 3. The van der Waals surface area contributed by atoms with Gasteiger partial charge in [0.05, 0.1) is 6.54 Å². The Bertz CT molecular complexity index is 700. The van der Waals surface area contributed by atoms with Crippen LogP contribution in [0.2, 0.25) is 0 Å². The van der Waals surface area contributed by atoms with E-state index in [0.717, 1.165) is 0 Å². The molecule has 2 heterocycles. The van der Waals surface area contributed by atoms with Crippen LogP contribution in [0.3, 0.4) is 0 Å². The second-order valence-electron chi connectivity index (χ2n) is 6.41. The average Bonchev–Trinajstić information content (AvgIpc) is 2.96. The number of urea groups is 1. The van der Waals surface area contributed by atoms with Crippen molar-refractivity contribution in [2.45, 2.75) is 18.4 Å². The Hall–Kier alpha value is -2.81. The molecule has 2 fully saturated rings. The summed E-state index contributed by atoms with van der Waals surface area (Å²) in [6, 6.07) is 6.68. The van der Waals surface area contributed by atoms with E-state index in [1.807, 2.05) is 0 Å². The van der Waals surface area contributed by atoms with Crippen LogP contribution in [0.25, 0.3) is 0 Å². The van der Waals surface area contributed by atoms with E-state index in [4.69, 9.17) is 9.47 Å². The van der Waals surface area contributed by atoms with Crippen LogP contribution in [0, 0.1) is 0 Å². The molecule has 0 saturated carbocycles. The molecule has 3 rings (SSSR count). The number of ether oxygens (including phenoxy) is 2. The van der Waals surface area contributed by atoms with Crippen molar-refractivity contribution < 1.29 is 23.9 Å². The number of hydrogen-bond acceptors (Lipinski definition) is 5. The number of rotatable bonds is 4. The minimum Gasteiger partial charge on any atom is -0.441 e. The third-order valence-corrected chi connectivity index (χ3v) is 4.50. The van der Waals surface area contributed by atoms with Crippen molar-refractivity contribution in [3.05, 3.63) is 24.3 Å². The van der Waals surface area contributed by atoms with Gasteiger partial charge in [0.25, 0.3) is 0 Å². The lowest BCUT2D eigenvalue weighted by Gasteiger charge is -2.37. The van der Waals surface area contributed by atoms with Gasteiger partial charge in [-0.3, -0.25) is 4.79 Å². The molecular weight excluding hydrogens is 340 g/mol. The van der Waals surface area contributed by atoms with Crippen LogP contribution in [0.1, 0.15) is 12.8 Å². The standard InChI is InChI=1S/C17H22N4O5/c1-25-10-14(22)19-12-3-2-4-13(9-12)20-15(23)21-7-5-17(6-8-21)11-18-16(24)26-17/h2-4,9H,5-8,10-11H2,1H3,(H,18,24)(H,19,22)(H,20,23). The highest BCUT2D eigenvalue weighted by Crippen LogP contribution is 2.29. The normalized spacial score (nSPS) is 18.2. The van der Waals surface area contributed by atoms with Gasteiger partial charge in [0, 0.05) is 44.4 Å². The number of piperidine rings is 1. The number of amides is 4.